The molecule has 2 aromatic heterocycles. The fourth-order valence-electron chi connectivity index (χ4n) is 3.19. The molecule has 3 aromatic rings. The lowest BCUT2D eigenvalue weighted by molar-refractivity contribution is -0.148. The van der Waals surface area contributed by atoms with E-state index in [0.717, 1.165) is 29.5 Å². The first-order chi connectivity index (χ1) is 11.7. The van der Waals surface area contributed by atoms with Gasteiger partial charge in [-0.15, -0.1) is 0 Å². The molecule has 0 bridgehead atoms. The lowest BCUT2D eigenvalue weighted by Gasteiger charge is -2.14. The van der Waals surface area contributed by atoms with Gasteiger partial charge >= 0.3 is 5.97 Å². The Balaban J connectivity index is 1.56. The molecule has 0 amide bonds. The number of pyridine rings is 1. The van der Waals surface area contributed by atoms with Crippen LogP contribution < -0.4 is 0 Å². The highest BCUT2D eigenvalue weighted by molar-refractivity contribution is 5.86. The van der Waals surface area contributed by atoms with E-state index in [9.17, 15) is 10.1 Å². The number of fused-ring (bicyclic) bond motifs is 1. The summed E-state index contributed by atoms with van der Waals surface area (Å²) in [5.74, 6) is -0.201. The van der Waals surface area contributed by atoms with E-state index in [4.69, 9.17) is 4.74 Å². The molecule has 24 heavy (non-hydrogen) atoms. The van der Waals surface area contributed by atoms with Crippen LogP contribution in [0.25, 0.3) is 5.52 Å². The number of carbonyl (C=O) groups excluding carboxylic acids is 1. The molecule has 0 saturated heterocycles. The molecule has 1 aliphatic rings. The number of benzene rings is 1. The number of hydrogen-bond donors (Lipinski definition) is 0. The van der Waals surface area contributed by atoms with Crippen molar-refractivity contribution in [3.8, 4) is 6.07 Å². The fraction of sp³-hybridized carbons (Fsp3) is 0.200. The third kappa shape index (κ3) is 2.26. The molecular formula is C20H16N2O2. The van der Waals surface area contributed by atoms with Gasteiger partial charge in [0.05, 0.1) is 16.5 Å². The predicted octanol–water partition coefficient (Wildman–Crippen LogP) is 3.59. The average Bonchev–Trinajstić information content (AvgIpc) is 3.36. The Morgan fingerprint density at radius 1 is 1.17 bits per heavy atom. The minimum atomic E-state index is -0.493. The molecule has 4 nitrogen and oxygen atoms in total. The standard InChI is InChI=1S/C20H16N2O2/c21-12-17-15(13-22-11-5-4-8-18(17)22)14-24-19(23)20(9-10-20)16-6-2-1-3-7-16/h1-8,11,13H,9-10,14H2. The Kier molecular flexibility index (Phi) is 3.35. The summed E-state index contributed by atoms with van der Waals surface area (Å²) >= 11 is 0. The van der Waals surface area contributed by atoms with Crippen LogP contribution in [-0.2, 0) is 21.6 Å². The molecule has 1 aromatic carbocycles. The quantitative estimate of drug-likeness (QED) is 0.691. The SMILES string of the molecule is N#Cc1c(COC(=O)C2(c3ccccc3)CC2)cn2ccccc12. The summed E-state index contributed by atoms with van der Waals surface area (Å²) < 4.78 is 7.46. The van der Waals surface area contributed by atoms with Crippen LogP contribution in [0.1, 0.15) is 29.5 Å². The number of ether oxygens (including phenoxy) is 1. The Hall–Kier alpha value is -3.06. The highest BCUT2D eigenvalue weighted by atomic mass is 16.5. The zero-order valence-electron chi connectivity index (χ0n) is 13.1. The van der Waals surface area contributed by atoms with Gasteiger partial charge in [0.15, 0.2) is 0 Å². The van der Waals surface area contributed by atoms with Crippen LogP contribution >= 0.6 is 0 Å². The number of aromatic nitrogens is 1. The molecule has 0 atom stereocenters. The lowest BCUT2D eigenvalue weighted by Crippen LogP contribution is -2.23. The first-order valence-electron chi connectivity index (χ1n) is 7.96. The van der Waals surface area contributed by atoms with Crippen molar-refractivity contribution in [3.05, 3.63) is 77.6 Å². The topological polar surface area (TPSA) is 54.5 Å². The molecule has 0 aliphatic heterocycles. The molecule has 1 saturated carbocycles. The number of esters is 1. The molecule has 1 fully saturated rings. The van der Waals surface area contributed by atoms with Gasteiger partial charge in [0.25, 0.3) is 0 Å². The largest absolute Gasteiger partial charge is 0.460 e. The van der Waals surface area contributed by atoms with Gasteiger partial charge in [-0.1, -0.05) is 36.4 Å². The molecule has 2 heterocycles. The molecule has 118 valence electrons. The Morgan fingerprint density at radius 3 is 2.62 bits per heavy atom. The van der Waals surface area contributed by atoms with Crippen molar-refractivity contribution in [1.29, 1.82) is 5.26 Å². The molecule has 4 rings (SSSR count). The molecule has 0 unspecified atom stereocenters. The summed E-state index contributed by atoms with van der Waals surface area (Å²) in [5, 5.41) is 9.42. The van der Waals surface area contributed by atoms with Gasteiger partial charge < -0.3 is 9.14 Å². The summed E-state index contributed by atoms with van der Waals surface area (Å²) in [7, 11) is 0. The second-order valence-corrected chi connectivity index (χ2v) is 6.16. The van der Waals surface area contributed by atoms with E-state index >= 15 is 0 Å². The third-order valence-corrected chi connectivity index (χ3v) is 4.70. The summed E-state index contributed by atoms with van der Waals surface area (Å²) in [6.45, 7) is 0.123. The lowest BCUT2D eigenvalue weighted by atomic mass is 9.96. The number of rotatable bonds is 4. The third-order valence-electron chi connectivity index (χ3n) is 4.70. The van der Waals surface area contributed by atoms with E-state index in [1.807, 2.05) is 65.3 Å². The van der Waals surface area contributed by atoms with Crippen molar-refractivity contribution in [1.82, 2.24) is 4.40 Å². The molecule has 0 N–H and O–H groups in total. The Morgan fingerprint density at radius 2 is 1.92 bits per heavy atom. The maximum absolute atomic E-state index is 12.6. The van der Waals surface area contributed by atoms with Crippen molar-refractivity contribution in [2.75, 3.05) is 0 Å². The Bertz CT molecular complexity index is 947. The molecule has 1 aliphatic carbocycles. The average molecular weight is 316 g/mol. The first kappa shape index (κ1) is 14.5. The van der Waals surface area contributed by atoms with Gasteiger partial charge in [-0.3, -0.25) is 4.79 Å². The van der Waals surface area contributed by atoms with Crippen LogP contribution in [0.4, 0.5) is 0 Å². The van der Waals surface area contributed by atoms with Crippen LogP contribution in [0.3, 0.4) is 0 Å². The maximum Gasteiger partial charge on any atom is 0.316 e. The van der Waals surface area contributed by atoms with Crippen LogP contribution in [0, 0.1) is 11.3 Å². The van der Waals surface area contributed by atoms with Crippen molar-refractivity contribution in [2.45, 2.75) is 24.9 Å². The van der Waals surface area contributed by atoms with Crippen molar-refractivity contribution in [3.63, 3.8) is 0 Å². The van der Waals surface area contributed by atoms with Crippen molar-refractivity contribution < 1.29 is 9.53 Å². The highest BCUT2D eigenvalue weighted by Crippen LogP contribution is 2.49. The molecule has 0 radical (unpaired) electrons. The number of carbonyl (C=O) groups is 1. The van der Waals surface area contributed by atoms with E-state index < -0.39 is 5.41 Å². The summed E-state index contributed by atoms with van der Waals surface area (Å²) in [6.07, 6.45) is 5.37. The summed E-state index contributed by atoms with van der Waals surface area (Å²) in [5.41, 5.74) is 2.65. The minimum absolute atomic E-state index is 0.123. The number of hydrogen-bond acceptors (Lipinski definition) is 3. The van der Waals surface area contributed by atoms with Crippen LogP contribution in [-0.4, -0.2) is 10.4 Å². The van der Waals surface area contributed by atoms with Gasteiger partial charge in [-0.05, 0) is 30.5 Å². The molecule has 4 heteroatoms. The van der Waals surface area contributed by atoms with Crippen molar-refractivity contribution >= 4 is 11.5 Å². The van der Waals surface area contributed by atoms with E-state index in [1.165, 1.54) is 0 Å². The van der Waals surface area contributed by atoms with E-state index in [0.29, 0.717) is 5.56 Å². The second kappa shape index (κ2) is 5.54. The maximum atomic E-state index is 12.6. The van der Waals surface area contributed by atoms with Crippen LogP contribution in [0.5, 0.6) is 0 Å². The smallest absolute Gasteiger partial charge is 0.316 e. The molecular weight excluding hydrogens is 300 g/mol. The van der Waals surface area contributed by atoms with Gasteiger partial charge in [0.1, 0.15) is 12.7 Å². The highest BCUT2D eigenvalue weighted by Gasteiger charge is 2.52. The van der Waals surface area contributed by atoms with Crippen molar-refractivity contribution in [2.24, 2.45) is 0 Å². The zero-order valence-corrected chi connectivity index (χ0v) is 13.1. The van der Waals surface area contributed by atoms with Crippen LogP contribution in [0.2, 0.25) is 0 Å². The second-order valence-electron chi connectivity index (χ2n) is 6.16. The zero-order chi connectivity index (χ0) is 16.6. The number of nitrogens with zero attached hydrogens (tertiary/aromatic N) is 2. The normalized spacial score (nSPS) is 15.0. The van der Waals surface area contributed by atoms with Gasteiger partial charge in [0.2, 0.25) is 0 Å². The van der Waals surface area contributed by atoms with Gasteiger partial charge in [-0.2, -0.15) is 5.26 Å². The molecule has 0 spiro atoms. The fourth-order valence-corrected chi connectivity index (χ4v) is 3.19. The van der Waals surface area contributed by atoms with E-state index in [2.05, 4.69) is 6.07 Å². The van der Waals surface area contributed by atoms with Gasteiger partial charge in [-0.25, -0.2) is 0 Å². The van der Waals surface area contributed by atoms with E-state index in [-0.39, 0.29) is 12.6 Å². The number of nitriles is 1. The summed E-state index contributed by atoms with van der Waals surface area (Å²) in [6, 6.07) is 17.7. The minimum Gasteiger partial charge on any atom is -0.460 e. The summed E-state index contributed by atoms with van der Waals surface area (Å²) in [4.78, 5) is 12.6. The van der Waals surface area contributed by atoms with Gasteiger partial charge in [0, 0.05) is 18.0 Å². The predicted molar refractivity (Wildman–Crippen MR) is 89.3 cm³/mol. The first-order valence-corrected chi connectivity index (χ1v) is 7.96. The Labute approximate surface area is 139 Å². The monoisotopic (exact) mass is 316 g/mol. The van der Waals surface area contributed by atoms with E-state index in [1.54, 1.807) is 0 Å². The van der Waals surface area contributed by atoms with Crippen LogP contribution in [0.15, 0.2) is 60.9 Å².